The molecule has 2 amide bonds. The van der Waals surface area contributed by atoms with Crippen molar-refractivity contribution in [3.63, 3.8) is 0 Å². The van der Waals surface area contributed by atoms with Crippen LogP contribution in [0, 0.1) is 5.82 Å². The van der Waals surface area contributed by atoms with Gasteiger partial charge in [0, 0.05) is 23.0 Å². The molecule has 0 unspecified atom stereocenters. The molecule has 1 aromatic carbocycles. The molecule has 2 rings (SSSR count). The number of benzene rings is 1. The number of alkyl halides is 3. The molecule has 0 radical (unpaired) electrons. The van der Waals surface area contributed by atoms with Crippen LogP contribution in [-0.4, -0.2) is 23.6 Å². The van der Waals surface area contributed by atoms with E-state index in [1.54, 1.807) is 0 Å². The Morgan fingerprint density at radius 2 is 2.17 bits per heavy atom. The Hall–Kier alpha value is -1.52. The molecule has 0 saturated heterocycles. The number of nitrogens with one attached hydrogen (secondary N) is 1. The van der Waals surface area contributed by atoms with Crippen LogP contribution in [0.25, 0.3) is 0 Å². The van der Waals surface area contributed by atoms with Crippen molar-refractivity contribution < 1.29 is 22.4 Å². The largest absolute Gasteiger partial charge is 0.446 e. The van der Waals surface area contributed by atoms with Crippen molar-refractivity contribution in [1.29, 1.82) is 0 Å². The number of thioether (sulfide) groups is 1. The fourth-order valence-electron chi connectivity index (χ4n) is 1.71. The van der Waals surface area contributed by atoms with Crippen LogP contribution in [0.3, 0.4) is 0 Å². The molecule has 11 heteroatoms. The number of hydrogen-bond donors (Lipinski definition) is 1. The van der Waals surface area contributed by atoms with Crippen LogP contribution in [0.2, 0.25) is 4.47 Å². The normalized spacial score (nSPS) is 11.4. The minimum absolute atomic E-state index is 0.138. The average Bonchev–Trinajstić information content (AvgIpc) is 2.88. The summed E-state index contributed by atoms with van der Waals surface area (Å²) in [4.78, 5) is 17.2. The molecule has 0 spiro atoms. The lowest BCUT2D eigenvalue weighted by atomic mass is 10.3. The summed E-state index contributed by atoms with van der Waals surface area (Å²) in [6.07, 6.45) is 1.50. The number of halogens is 5. The number of hydrogen-bond acceptors (Lipinski definition) is 4. The molecule has 0 saturated carbocycles. The second kappa shape index (κ2) is 7.58. The van der Waals surface area contributed by atoms with E-state index in [0.717, 1.165) is 23.1 Å². The van der Waals surface area contributed by atoms with Gasteiger partial charge in [-0.05, 0) is 30.0 Å². The number of carbonyl (C=O) groups is 1. The van der Waals surface area contributed by atoms with E-state index >= 15 is 0 Å². The summed E-state index contributed by atoms with van der Waals surface area (Å²) in [7, 11) is 1.31. The highest BCUT2D eigenvalue weighted by molar-refractivity contribution is 8.00. The Balaban J connectivity index is 2.02. The summed E-state index contributed by atoms with van der Waals surface area (Å²) in [5, 5.41) is 2.54. The molecule has 0 aliphatic heterocycles. The summed E-state index contributed by atoms with van der Waals surface area (Å²) in [6.45, 7) is 0.150. The number of nitrogens with zero attached hydrogens (tertiary/aromatic N) is 2. The number of amides is 2. The standard InChI is InChI=1S/C13H10ClF4N3OS2/c1-21(12(22)20-6-8-5-19-11(14)23-8)10-3-2-7(4-9(10)15)24-13(16,17)18/h2-5H,6H2,1H3,(H,20,22). The van der Waals surface area contributed by atoms with E-state index < -0.39 is 29.1 Å². The summed E-state index contributed by atoms with van der Waals surface area (Å²) < 4.78 is 51.1. The number of anilines is 1. The molecular weight excluding hydrogens is 390 g/mol. The maximum absolute atomic E-state index is 14.0. The monoisotopic (exact) mass is 399 g/mol. The lowest BCUT2D eigenvalue weighted by Crippen LogP contribution is -2.37. The van der Waals surface area contributed by atoms with E-state index in [2.05, 4.69) is 10.3 Å². The zero-order valence-electron chi connectivity index (χ0n) is 12.0. The van der Waals surface area contributed by atoms with Crippen molar-refractivity contribution >= 4 is 46.4 Å². The van der Waals surface area contributed by atoms with E-state index in [4.69, 9.17) is 11.6 Å². The highest BCUT2D eigenvalue weighted by atomic mass is 35.5. The number of carbonyl (C=O) groups excluding carboxylic acids is 1. The van der Waals surface area contributed by atoms with Crippen LogP contribution in [0.4, 0.5) is 28.0 Å². The first kappa shape index (κ1) is 18.8. The molecule has 0 aliphatic carbocycles. The molecule has 1 aromatic heterocycles. The van der Waals surface area contributed by atoms with Gasteiger partial charge in [-0.25, -0.2) is 14.2 Å². The molecule has 2 aromatic rings. The minimum atomic E-state index is -4.51. The first-order chi connectivity index (χ1) is 11.2. The SMILES string of the molecule is CN(C(=O)NCc1cnc(Cl)s1)c1ccc(SC(F)(F)F)cc1F. The van der Waals surface area contributed by atoms with E-state index in [1.165, 1.54) is 24.6 Å². The number of aromatic nitrogens is 1. The molecule has 1 heterocycles. The van der Waals surface area contributed by atoms with Gasteiger partial charge >= 0.3 is 11.5 Å². The summed E-state index contributed by atoms with van der Waals surface area (Å²) >= 11 is 6.43. The third-order valence-corrected chi connectivity index (χ3v) is 4.59. The number of rotatable bonds is 4. The first-order valence-electron chi connectivity index (χ1n) is 6.33. The van der Waals surface area contributed by atoms with Crippen molar-refractivity contribution in [2.75, 3.05) is 11.9 Å². The number of urea groups is 1. The van der Waals surface area contributed by atoms with Crippen LogP contribution in [0.15, 0.2) is 29.3 Å². The van der Waals surface area contributed by atoms with Crippen LogP contribution < -0.4 is 10.2 Å². The van der Waals surface area contributed by atoms with Crippen LogP contribution >= 0.6 is 34.7 Å². The predicted octanol–water partition coefficient (Wildman–Crippen LogP) is 4.89. The Morgan fingerprint density at radius 3 is 2.71 bits per heavy atom. The predicted molar refractivity (Wildman–Crippen MR) is 86.1 cm³/mol. The van der Waals surface area contributed by atoms with Crippen molar-refractivity contribution in [2.45, 2.75) is 16.9 Å². The Kier molecular flexibility index (Phi) is 5.94. The third kappa shape index (κ3) is 5.25. The zero-order valence-corrected chi connectivity index (χ0v) is 14.4. The molecule has 1 N–H and O–H groups in total. The molecule has 0 aliphatic rings. The summed E-state index contributed by atoms with van der Waals surface area (Å²) in [5.74, 6) is -0.928. The molecule has 0 bridgehead atoms. The smallest absolute Gasteiger partial charge is 0.333 e. The van der Waals surface area contributed by atoms with Crippen LogP contribution in [-0.2, 0) is 6.54 Å². The minimum Gasteiger partial charge on any atom is -0.333 e. The molecule has 130 valence electrons. The Morgan fingerprint density at radius 1 is 1.46 bits per heavy atom. The Bertz CT molecular complexity index is 738. The van der Waals surface area contributed by atoms with Crippen molar-refractivity contribution in [1.82, 2.24) is 10.3 Å². The fraction of sp³-hybridized carbons (Fsp3) is 0.231. The highest BCUT2D eigenvalue weighted by Crippen LogP contribution is 2.38. The van der Waals surface area contributed by atoms with Gasteiger partial charge in [-0.2, -0.15) is 13.2 Å². The van der Waals surface area contributed by atoms with Gasteiger partial charge in [-0.15, -0.1) is 11.3 Å². The van der Waals surface area contributed by atoms with Crippen LogP contribution in [0.5, 0.6) is 0 Å². The molecule has 4 nitrogen and oxygen atoms in total. The van der Waals surface area contributed by atoms with Gasteiger partial charge in [0.1, 0.15) is 5.82 Å². The maximum Gasteiger partial charge on any atom is 0.446 e. The molecular formula is C13H10ClF4N3OS2. The van der Waals surface area contributed by atoms with Crippen LogP contribution in [0.1, 0.15) is 4.88 Å². The average molecular weight is 400 g/mol. The van der Waals surface area contributed by atoms with Gasteiger partial charge in [0.25, 0.3) is 0 Å². The van der Waals surface area contributed by atoms with Gasteiger partial charge in [0.05, 0.1) is 12.2 Å². The lowest BCUT2D eigenvalue weighted by molar-refractivity contribution is -0.0328. The summed E-state index contributed by atoms with van der Waals surface area (Å²) in [5.41, 5.74) is -4.64. The van der Waals surface area contributed by atoms with Crippen molar-refractivity contribution in [2.24, 2.45) is 0 Å². The number of thiazole rings is 1. The van der Waals surface area contributed by atoms with Gasteiger partial charge in [-0.3, -0.25) is 4.90 Å². The van der Waals surface area contributed by atoms with E-state index in [0.29, 0.717) is 9.34 Å². The lowest BCUT2D eigenvalue weighted by Gasteiger charge is -2.19. The maximum atomic E-state index is 14.0. The van der Waals surface area contributed by atoms with Gasteiger partial charge in [-0.1, -0.05) is 11.6 Å². The highest BCUT2D eigenvalue weighted by Gasteiger charge is 2.29. The summed E-state index contributed by atoms with van der Waals surface area (Å²) in [6, 6.07) is 2.34. The second-order valence-electron chi connectivity index (χ2n) is 4.46. The van der Waals surface area contributed by atoms with Crippen molar-refractivity contribution in [3.05, 3.63) is 39.6 Å². The van der Waals surface area contributed by atoms with Gasteiger partial charge in [0.2, 0.25) is 0 Å². The zero-order chi connectivity index (χ0) is 17.9. The van der Waals surface area contributed by atoms with E-state index in [-0.39, 0.29) is 17.1 Å². The fourth-order valence-corrected chi connectivity index (χ4v) is 3.20. The second-order valence-corrected chi connectivity index (χ2v) is 7.29. The molecule has 0 atom stereocenters. The third-order valence-electron chi connectivity index (χ3n) is 2.76. The van der Waals surface area contributed by atoms with Gasteiger partial charge < -0.3 is 5.32 Å². The molecule has 0 fully saturated rings. The Labute approximate surface area is 147 Å². The first-order valence-corrected chi connectivity index (χ1v) is 8.34. The van der Waals surface area contributed by atoms with E-state index in [1.807, 2.05) is 0 Å². The van der Waals surface area contributed by atoms with Gasteiger partial charge in [0.15, 0.2) is 4.47 Å². The van der Waals surface area contributed by atoms with Crippen molar-refractivity contribution in [3.8, 4) is 0 Å². The molecule has 24 heavy (non-hydrogen) atoms. The quantitative estimate of drug-likeness (QED) is 0.588. The topological polar surface area (TPSA) is 45.2 Å². The van der Waals surface area contributed by atoms with E-state index in [9.17, 15) is 22.4 Å².